The lowest BCUT2D eigenvalue weighted by Gasteiger charge is -2.17. The van der Waals surface area contributed by atoms with E-state index in [0.717, 1.165) is 8.47 Å². The largest absolute Gasteiger partial charge is 0.423 e. The third-order valence-electron chi connectivity index (χ3n) is 4.84. The van der Waals surface area contributed by atoms with E-state index in [2.05, 4.69) is 27.9 Å². The summed E-state index contributed by atoms with van der Waals surface area (Å²) >= 11 is 14.3. The molecule has 3 aromatic rings. The highest BCUT2D eigenvalue weighted by Crippen LogP contribution is 2.33. The van der Waals surface area contributed by atoms with E-state index in [4.69, 9.17) is 27.9 Å². The zero-order chi connectivity index (χ0) is 23.7. The monoisotopic (exact) mass is 592 g/mol. The minimum atomic E-state index is -0.632. The summed E-state index contributed by atoms with van der Waals surface area (Å²) in [5, 5.41) is 3.15. The van der Waals surface area contributed by atoms with Gasteiger partial charge in [0.05, 0.1) is 11.3 Å². The van der Waals surface area contributed by atoms with Crippen LogP contribution in [-0.2, 0) is 9.59 Å². The van der Waals surface area contributed by atoms with E-state index in [1.54, 1.807) is 61.5 Å². The first-order valence-corrected chi connectivity index (χ1v) is 11.5. The molecule has 0 spiro atoms. The predicted octanol–water partition coefficient (Wildman–Crippen LogP) is 5.91. The van der Waals surface area contributed by atoms with E-state index < -0.39 is 17.8 Å². The molecule has 1 N–H and O–H groups in total. The van der Waals surface area contributed by atoms with Crippen molar-refractivity contribution < 1.29 is 19.1 Å². The minimum Gasteiger partial charge on any atom is -0.423 e. The Bertz CT molecular complexity index is 1310. The number of carbonyl (C=O) groups is 3. The molecule has 1 aliphatic rings. The third-order valence-corrected chi connectivity index (χ3v) is 6.15. The summed E-state index contributed by atoms with van der Waals surface area (Å²) in [5.74, 6) is -1.30. The van der Waals surface area contributed by atoms with E-state index in [-0.39, 0.29) is 10.7 Å². The summed E-state index contributed by atoms with van der Waals surface area (Å²) in [6, 6.07) is 18.2. The molecule has 9 heteroatoms. The highest BCUT2D eigenvalue weighted by molar-refractivity contribution is 14.1. The number of hydrogen-bond donors (Lipinski definition) is 1. The second-order valence-electron chi connectivity index (χ2n) is 7.11. The number of benzene rings is 3. The zero-order valence-corrected chi connectivity index (χ0v) is 20.7. The molecule has 0 atom stereocenters. The van der Waals surface area contributed by atoms with Gasteiger partial charge in [0.15, 0.2) is 0 Å². The van der Waals surface area contributed by atoms with E-state index in [0.29, 0.717) is 33.3 Å². The molecule has 0 radical (unpaired) electrons. The van der Waals surface area contributed by atoms with Gasteiger partial charge < -0.3 is 10.1 Å². The van der Waals surface area contributed by atoms with Gasteiger partial charge in [0, 0.05) is 14.3 Å². The molecule has 0 bridgehead atoms. The molecule has 1 heterocycles. The van der Waals surface area contributed by atoms with Gasteiger partial charge in [-0.1, -0.05) is 23.2 Å². The second-order valence-corrected chi connectivity index (χ2v) is 9.17. The van der Waals surface area contributed by atoms with Crippen molar-refractivity contribution in [2.45, 2.75) is 6.92 Å². The van der Waals surface area contributed by atoms with Gasteiger partial charge in [0.1, 0.15) is 16.5 Å². The van der Waals surface area contributed by atoms with Crippen molar-refractivity contribution in [2.75, 3.05) is 10.2 Å². The molecule has 2 amide bonds. The second kappa shape index (κ2) is 9.54. The first-order valence-electron chi connectivity index (χ1n) is 9.64. The molecule has 6 nitrogen and oxygen atoms in total. The molecule has 3 aromatic carbocycles. The van der Waals surface area contributed by atoms with Crippen LogP contribution in [0.25, 0.3) is 0 Å². The number of imide groups is 1. The Morgan fingerprint density at radius 3 is 2.24 bits per heavy atom. The fourth-order valence-corrected chi connectivity index (χ4v) is 4.00. The average molecular weight is 593 g/mol. The van der Waals surface area contributed by atoms with Gasteiger partial charge in [-0.3, -0.25) is 9.59 Å². The molecular formula is C24H15Cl2IN2O4. The number of nitrogens with zero attached hydrogens (tertiary/aromatic N) is 1. The molecule has 0 fully saturated rings. The van der Waals surface area contributed by atoms with Crippen LogP contribution in [0.3, 0.4) is 0 Å². The van der Waals surface area contributed by atoms with Crippen LogP contribution in [0.4, 0.5) is 11.4 Å². The average Bonchev–Trinajstić information content (AvgIpc) is 2.99. The molecule has 1 aliphatic heterocycles. The van der Waals surface area contributed by atoms with Crippen LogP contribution in [0, 0.1) is 10.5 Å². The Balaban J connectivity index is 1.49. The highest BCUT2D eigenvalue weighted by atomic mass is 127. The number of hydrogen-bond acceptors (Lipinski definition) is 5. The molecule has 4 rings (SSSR count). The summed E-state index contributed by atoms with van der Waals surface area (Å²) < 4.78 is 6.38. The molecule has 0 aromatic heterocycles. The number of aryl methyl sites for hydroxylation is 1. The van der Waals surface area contributed by atoms with Gasteiger partial charge in [-0.05, 0) is 102 Å². The smallest absolute Gasteiger partial charge is 0.343 e. The molecule has 0 unspecified atom stereocenters. The van der Waals surface area contributed by atoms with Crippen molar-refractivity contribution in [1.29, 1.82) is 0 Å². The Labute approximate surface area is 213 Å². The normalized spacial score (nSPS) is 13.5. The Kier molecular flexibility index (Phi) is 6.73. The minimum absolute atomic E-state index is 0.0507. The molecule has 33 heavy (non-hydrogen) atoms. The summed E-state index contributed by atoms with van der Waals surface area (Å²) in [5.41, 5.74) is 1.81. The van der Waals surface area contributed by atoms with Crippen molar-refractivity contribution in [3.05, 3.63) is 97.2 Å². The Morgan fingerprint density at radius 1 is 0.939 bits per heavy atom. The van der Waals surface area contributed by atoms with Crippen LogP contribution in [0.2, 0.25) is 5.02 Å². The summed E-state index contributed by atoms with van der Waals surface area (Å²) in [6.07, 6.45) is 0. The Morgan fingerprint density at radius 2 is 1.61 bits per heavy atom. The lowest BCUT2D eigenvalue weighted by molar-refractivity contribution is -0.120. The topological polar surface area (TPSA) is 75.7 Å². The maximum Gasteiger partial charge on any atom is 0.343 e. The number of halogens is 3. The van der Waals surface area contributed by atoms with Crippen LogP contribution in [0.15, 0.2) is 77.5 Å². The molecule has 0 saturated carbocycles. The SMILES string of the molecule is Cc1cc(Cl)ccc1N1C(=O)C(Cl)=C(Nc2ccc(C(=O)Oc3ccc(I)cc3)cc2)C1=O. The van der Waals surface area contributed by atoms with Gasteiger partial charge >= 0.3 is 5.97 Å². The summed E-state index contributed by atoms with van der Waals surface area (Å²) in [7, 11) is 0. The number of ether oxygens (including phenoxy) is 1. The fourth-order valence-electron chi connectivity index (χ4n) is 3.20. The zero-order valence-electron chi connectivity index (χ0n) is 17.1. The lowest BCUT2D eigenvalue weighted by Crippen LogP contribution is -2.32. The molecule has 166 valence electrons. The van der Waals surface area contributed by atoms with Gasteiger partial charge in [0.2, 0.25) is 0 Å². The number of nitrogens with one attached hydrogen (secondary N) is 1. The van der Waals surface area contributed by atoms with Gasteiger partial charge in [-0.2, -0.15) is 0 Å². The summed E-state index contributed by atoms with van der Waals surface area (Å²) in [4.78, 5) is 39.0. The lowest BCUT2D eigenvalue weighted by atomic mass is 10.2. The summed E-state index contributed by atoms with van der Waals surface area (Å²) in [6.45, 7) is 1.75. The van der Waals surface area contributed by atoms with Crippen LogP contribution in [0.5, 0.6) is 5.75 Å². The number of rotatable bonds is 5. The third kappa shape index (κ3) is 4.90. The van der Waals surface area contributed by atoms with E-state index >= 15 is 0 Å². The van der Waals surface area contributed by atoms with Gasteiger partial charge in [-0.15, -0.1) is 0 Å². The maximum absolute atomic E-state index is 13.0. The van der Waals surface area contributed by atoms with Gasteiger partial charge in [-0.25, -0.2) is 9.69 Å². The van der Waals surface area contributed by atoms with Crippen LogP contribution in [0.1, 0.15) is 15.9 Å². The molecular weight excluding hydrogens is 578 g/mol. The number of carbonyl (C=O) groups excluding carboxylic acids is 3. The fraction of sp³-hybridized carbons (Fsp3) is 0.0417. The van der Waals surface area contributed by atoms with E-state index in [1.165, 1.54) is 0 Å². The van der Waals surface area contributed by atoms with E-state index in [9.17, 15) is 14.4 Å². The van der Waals surface area contributed by atoms with Crippen LogP contribution in [-0.4, -0.2) is 17.8 Å². The predicted molar refractivity (Wildman–Crippen MR) is 136 cm³/mol. The van der Waals surface area contributed by atoms with Crippen molar-refractivity contribution in [2.24, 2.45) is 0 Å². The van der Waals surface area contributed by atoms with Crippen LogP contribution < -0.4 is 15.0 Å². The molecule has 0 aliphatic carbocycles. The van der Waals surface area contributed by atoms with Crippen molar-refractivity contribution in [1.82, 2.24) is 0 Å². The van der Waals surface area contributed by atoms with Crippen molar-refractivity contribution >= 4 is 75.0 Å². The first kappa shape index (κ1) is 23.3. The Hall–Kier alpha value is -2.88. The van der Waals surface area contributed by atoms with Crippen molar-refractivity contribution in [3.8, 4) is 5.75 Å². The van der Waals surface area contributed by atoms with Crippen LogP contribution >= 0.6 is 45.8 Å². The highest BCUT2D eigenvalue weighted by Gasteiger charge is 2.39. The maximum atomic E-state index is 13.0. The standard InChI is InChI=1S/C24H15Cl2IN2O4/c1-13-12-15(25)4-11-19(13)29-22(30)20(26)21(23(29)31)28-17-7-2-14(3-8-17)24(32)33-18-9-5-16(27)6-10-18/h2-12,28H,1H3. The quantitative estimate of drug-likeness (QED) is 0.173. The molecule has 0 saturated heterocycles. The number of amides is 2. The first-order chi connectivity index (χ1) is 15.7. The van der Waals surface area contributed by atoms with Crippen molar-refractivity contribution in [3.63, 3.8) is 0 Å². The number of anilines is 2. The number of esters is 1. The van der Waals surface area contributed by atoms with Gasteiger partial charge in [0.25, 0.3) is 11.8 Å². The van der Waals surface area contributed by atoms with E-state index in [1.807, 2.05) is 12.1 Å².